The second kappa shape index (κ2) is 12.9. The molecule has 2 heterocycles. The fourth-order valence-corrected chi connectivity index (χ4v) is 6.57. The lowest BCUT2D eigenvalue weighted by atomic mass is 10.2. The first-order chi connectivity index (χ1) is 20.7. The Labute approximate surface area is 256 Å². The second-order valence-electron chi connectivity index (χ2n) is 9.22. The van der Waals surface area contributed by atoms with Crippen molar-refractivity contribution in [1.29, 1.82) is 0 Å². The maximum atomic E-state index is 12.9. The molecular weight excluding hydrogens is 611 g/mol. The molecule has 12 nitrogen and oxygen atoms in total. The van der Waals surface area contributed by atoms with E-state index in [2.05, 4.69) is 25.8 Å². The fraction of sp³-hybridized carbons (Fsp3) is 0.179. The minimum atomic E-state index is -3.62. The number of amides is 2. The minimum Gasteiger partial charge on any atom is -0.495 e. The molecule has 0 saturated heterocycles. The first-order valence-electron chi connectivity index (χ1n) is 12.8. The molecule has 2 aromatic heterocycles. The van der Waals surface area contributed by atoms with Crippen LogP contribution in [0, 0.1) is 0 Å². The van der Waals surface area contributed by atoms with Crippen LogP contribution in [0.3, 0.4) is 0 Å². The number of thiazole rings is 1. The number of para-hydroxylation sites is 3. The van der Waals surface area contributed by atoms with Crippen LogP contribution < -0.4 is 15.4 Å². The number of aromatic nitrogens is 4. The van der Waals surface area contributed by atoms with E-state index in [0.717, 1.165) is 14.5 Å². The van der Waals surface area contributed by atoms with Crippen LogP contribution in [0.5, 0.6) is 5.75 Å². The van der Waals surface area contributed by atoms with E-state index < -0.39 is 15.9 Å². The number of anilines is 1. The second-order valence-corrected chi connectivity index (χ2v) is 13.3. The van der Waals surface area contributed by atoms with Gasteiger partial charge in [-0.3, -0.25) is 14.2 Å². The molecule has 5 aromatic rings. The first-order valence-corrected chi connectivity index (χ1v) is 16.1. The molecule has 222 valence electrons. The summed E-state index contributed by atoms with van der Waals surface area (Å²) in [6.45, 7) is 0.0000900. The molecule has 0 fully saturated rings. The van der Waals surface area contributed by atoms with Gasteiger partial charge in [0.25, 0.3) is 5.91 Å². The Bertz CT molecular complexity index is 1850. The molecule has 0 unspecified atom stereocenters. The third-order valence-electron chi connectivity index (χ3n) is 6.20. The van der Waals surface area contributed by atoms with Gasteiger partial charge in [-0.05, 0) is 48.5 Å². The van der Waals surface area contributed by atoms with E-state index in [1.165, 1.54) is 61.5 Å². The number of carbonyl (C=O) groups excluding carboxylic acids is 2. The van der Waals surface area contributed by atoms with E-state index in [-0.39, 0.29) is 28.7 Å². The zero-order valence-electron chi connectivity index (χ0n) is 23.3. The van der Waals surface area contributed by atoms with Gasteiger partial charge in [0.2, 0.25) is 15.9 Å². The number of nitrogens with one attached hydrogen (secondary N) is 2. The van der Waals surface area contributed by atoms with Crippen molar-refractivity contribution < 1.29 is 22.7 Å². The Balaban J connectivity index is 1.32. The fourth-order valence-electron chi connectivity index (χ4n) is 4.03. The lowest BCUT2D eigenvalue weighted by Crippen LogP contribution is -2.25. The van der Waals surface area contributed by atoms with Crippen LogP contribution in [0.2, 0.25) is 0 Å². The average Bonchev–Trinajstić information content (AvgIpc) is 3.61. The topological polar surface area (TPSA) is 148 Å². The number of nitrogens with zero attached hydrogens (tertiary/aromatic N) is 5. The van der Waals surface area contributed by atoms with Crippen LogP contribution >= 0.6 is 23.1 Å². The molecule has 0 saturated carbocycles. The van der Waals surface area contributed by atoms with Gasteiger partial charge in [0.1, 0.15) is 5.75 Å². The van der Waals surface area contributed by atoms with Crippen molar-refractivity contribution in [2.45, 2.75) is 16.6 Å². The summed E-state index contributed by atoms with van der Waals surface area (Å²) in [6.07, 6.45) is 0. The SMILES string of the molecule is COc1ccccc1-n1c(CNC(=O)c2ccc(S(=O)(=O)N(C)C)cc2)nnc1SCC(=O)Nc1nc2ccccc2s1. The van der Waals surface area contributed by atoms with Gasteiger partial charge in [0.15, 0.2) is 16.1 Å². The number of carbonyl (C=O) groups is 2. The van der Waals surface area contributed by atoms with Gasteiger partial charge < -0.3 is 15.4 Å². The minimum absolute atomic E-state index is 0.0000900. The number of hydrogen-bond donors (Lipinski definition) is 2. The Morgan fingerprint density at radius 2 is 1.72 bits per heavy atom. The summed E-state index contributed by atoms with van der Waals surface area (Å²) >= 11 is 2.57. The standard InChI is InChI=1S/C28H27N7O5S3/c1-34(2)43(38,39)19-14-12-18(13-15-19)26(37)29-16-24-32-33-28(35(24)21-9-5-6-10-22(21)40-3)41-17-25(36)31-27-30-20-8-4-7-11-23(20)42-27/h4-15H,16-17H2,1-3H3,(H,29,37)(H,30,31,36). The molecule has 0 aliphatic rings. The number of fused-ring (bicyclic) bond motifs is 1. The lowest BCUT2D eigenvalue weighted by molar-refractivity contribution is -0.113. The molecule has 0 radical (unpaired) electrons. The highest BCUT2D eigenvalue weighted by Crippen LogP contribution is 2.29. The third kappa shape index (κ3) is 6.69. The summed E-state index contributed by atoms with van der Waals surface area (Å²) in [6, 6.07) is 20.6. The summed E-state index contributed by atoms with van der Waals surface area (Å²) in [7, 11) is 0.808. The highest BCUT2D eigenvalue weighted by atomic mass is 32.2. The Kier molecular flexibility index (Phi) is 9.05. The van der Waals surface area contributed by atoms with Gasteiger partial charge in [0.05, 0.1) is 40.2 Å². The molecule has 0 spiro atoms. The largest absolute Gasteiger partial charge is 0.495 e. The first kappa shape index (κ1) is 30.2. The normalized spacial score (nSPS) is 11.5. The molecule has 0 atom stereocenters. The molecular formula is C28H27N7O5S3. The number of hydrogen-bond acceptors (Lipinski definition) is 10. The van der Waals surface area contributed by atoms with Gasteiger partial charge in [-0.1, -0.05) is 47.4 Å². The van der Waals surface area contributed by atoms with E-state index in [1.54, 1.807) is 17.7 Å². The molecule has 2 amide bonds. The van der Waals surface area contributed by atoms with Crippen LogP contribution in [0.25, 0.3) is 15.9 Å². The van der Waals surface area contributed by atoms with Crippen molar-refractivity contribution in [2.24, 2.45) is 0 Å². The average molecular weight is 638 g/mol. The molecule has 43 heavy (non-hydrogen) atoms. The maximum absolute atomic E-state index is 12.9. The van der Waals surface area contributed by atoms with Gasteiger partial charge in [0, 0.05) is 19.7 Å². The maximum Gasteiger partial charge on any atom is 0.251 e. The van der Waals surface area contributed by atoms with Crippen molar-refractivity contribution in [1.82, 2.24) is 29.4 Å². The van der Waals surface area contributed by atoms with E-state index in [9.17, 15) is 18.0 Å². The number of methoxy groups -OCH3 is 1. The predicted molar refractivity (Wildman–Crippen MR) is 165 cm³/mol. The Morgan fingerprint density at radius 1 is 1.00 bits per heavy atom. The van der Waals surface area contributed by atoms with E-state index in [1.807, 2.05) is 42.5 Å². The van der Waals surface area contributed by atoms with Crippen molar-refractivity contribution >= 4 is 60.3 Å². The van der Waals surface area contributed by atoms with Gasteiger partial charge >= 0.3 is 0 Å². The molecule has 0 bridgehead atoms. The summed E-state index contributed by atoms with van der Waals surface area (Å²) in [4.78, 5) is 30.2. The monoisotopic (exact) mass is 637 g/mol. The van der Waals surface area contributed by atoms with Crippen LogP contribution in [0.15, 0.2) is 82.8 Å². The molecule has 5 rings (SSSR count). The molecule has 3 aromatic carbocycles. The van der Waals surface area contributed by atoms with Gasteiger partial charge in [-0.15, -0.1) is 10.2 Å². The Morgan fingerprint density at radius 3 is 2.44 bits per heavy atom. The van der Waals surface area contributed by atoms with Crippen molar-refractivity contribution in [3.05, 3.63) is 84.2 Å². The predicted octanol–water partition coefficient (Wildman–Crippen LogP) is 3.80. The van der Waals surface area contributed by atoms with Gasteiger partial charge in [-0.2, -0.15) is 0 Å². The van der Waals surface area contributed by atoms with Crippen LogP contribution in [0.4, 0.5) is 5.13 Å². The molecule has 2 N–H and O–H groups in total. The summed E-state index contributed by atoms with van der Waals surface area (Å²) in [5.74, 6) is 0.311. The molecule has 0 aliphatic carbocycles. The summed E-state index contributed by atoms with van der Waals surface area (Å²) in [5, 5.41) is 15.2. The highest BCUT2D eigenvalue weighted by molar-refractivity contribution is 7.99. The molecule has 15 heteroatoms. The quantitative estimate of drug-likeness (QED) is 0.206. The van der Waals surface area contributed by atoms with E-state index >= 15 is 0 Å². The van der Waals surface area contributed by atoms with E-state index in [0.29, 0.717) is 27.5 Å². The number of benzene rings is 3. The van der Waals surface area contributed by atoms with Crippen LogP contribution in [-0.4, -0.2) is 71.2 Å². The number of rotatable bonds is 11. The zero-order chi connectivity index (χ0) is 30.6. The lowest BCUT2D eigenvalue weighted by Gasteiger charge is -2.14. The zero-order valence-corrected chi connectivity index (χ0v) is 25.8. The molecule has 0 aliphatic heterocycles. The van der Waals surface area contributed by atoms with Crippen LogP contribution in [-0.2, 0) is 21.4 Å². The third-order valence-corrected chi connectivity index (χ3v) is 9.91. The Hall–Kier alpha value is -4.31. The van der Waals surface area contributed by atoms with Gasteiger partial charge in [-0.25, -0.2) is 17.7 Å². The van der Waals surface area contributed by atoms with Crippen molar-refractivity contribution in [2.75, 3.05) is 32.3 Å². The summed E-state index contributed by atoms with van der Waals surface area (Å²) in [5.41, 5.74) is 1.72. The number of ether oxygens (including phenoxy) is 1. The highest BCUT2D eigenvalue weighted by Gasteiger charge is 2.21. The van der Waals surface area contributed by atoms with Crippen molar-refractivity contribution in [3.63, 3.8) is 0 Å². The van der Waals surface area contributed by atoms with Crippen molar-refractivity contribution in [3.8, 4) is 11.4 Å². The van der Waals surface area contributed by atoms with Crippen LogP contribution in [0.1, 0.15) is 16.2 Å². The van der Waals surface area contributed by atoms with E-state index in [4.69, 9.17) is 4.74 Å². The smallest absolute Gasteiger partial charge is 0.251 e. The number of thioether (sulfide) groups is 1. The number of sulfonamides is 1. The summed E-state index contributed by atoms with van der Waals surface area (Å²) < 4.78 is 34.0.